The fourth-order valence-corrected chi connectivity index (χ4v) is 3.23. The fourth-order valence-electron chi connectivity index (χ4n) is 2.56. The van der Waals surface area contributed by atoms with Crippen LogP contribution in [0.2, 0.25) is 0 Å². The van der Waals surface area contributed by atoms with Gasteiger partial charge < -0.3 is 15.5 Å². The maximum absolute atomic E-state index is 5.66. The minimum Gasteiger partial charge on any atom is -0.371 e. The number of halogens is 1. The molecule has 4 heteroatoms. The molecule has 0 aliphatic carbocycles. The summed E-state index contributed by atoms with van der Waals surface area (Å²) in [5.74, 6) is 0. The van der Waals surface area contributed by atoms with Crippen molar-refractivity contribution in [1.29, 1.82) is 0 Å². The molecule has 2 rings (SSSR count). The summed E-state index contributed by atoms with van der Waals surface area (Å²) in [6.07, 6.45) is 2.47. The Bertz CT molecular complexity index is 398. The molecule has 0 aromatic heterocycles. The van der Waals surface area contributed by atoms with Crippen molar-refractivity contribution in [3.05, 3.63) is 28.2 Å². The van der Waals surface area contributed by atoms with Gasteiger partial charge in [0.25, 0.3) is 0 Å². The number of piperidine rings is 1. The van der Waals surface area contributed by atoms with E-state index in [-0.39, 0.29) is 0 Å². The Balaban J connectivity index is 2.05. The lowest BCUT2D eigenvalue weighted by Crippen LogP contribution is -2.42. The summed E-state index contributed by atoms with van der Waals surface area (Å²) in [5, 5.41) is 0. The van der Waals surface area contributed by atoms with E-state index in [0.29, 0.717) is 6.54 Å². The lowest BCUT2D eigenvalue weighted by atomic mass is 10.0. The van der Waals surface area contributed by atoms with Crippen molar-refractivity contribution in [3.63, 3.8) is 0 Å². The predicted octanol–water partition coefficient (Wildman–Crippen LogP) is 2.44. The molecule has 0 saturated carbocycles. The Morgan fingerprint density at radius 2 is 2.00 bits per heavy atom. The third-order valence-electron chi connectivity index (χ3n) is 3.78. The van der Waals surface area contributed by atoms with E-state index < -0.39 is 0 Å². The Morgan fingerprint density at radius 1 is 1.33 bits per heavy atom. The Labute approximate surface area is 118 Å². The van der Waals surface area contributed by atoms with Gasteiger partial charge in [0.15, 0.2) is 0 Å². The molecule has 1 fully saturated rings. The van der Waals surface area contributed by atoms with E-state index in [4.69, 9.17) is 5.73 Å². The van der Waals surface area contributed by atoms with Gasteiger partial charge in [-0.2, -0.15) is 0 Å². The van der Waals surface area contributed by atoms with Crippen molar-refractivity contribution in [3.8, 4) is 0 Å². The lowest BCUT2D eigenvalue weighted by Gasteiger charge is -2.37. The average Bonchev–Trinajstić information content (AvgIpc) is 2.38. The van der Waals surface area contributed by atoms with Crippen molar-refractivity contribution >= 4 is 21.6 Å². The van der Waals surface area contributed by atoms with Crippen LogP contribution in [-0.2, 0) is 6.54 Å². The van der Waals surface area contributed by atoms with E-state index in [2.05, 4.69) is 58.0 Å². The number of anilines is 1. The smallest absolute Gasteiger partial charge is 0.0510 e. The van der Waals surface area contributed by atoms with Gasteiger partial charge in [-0.1, -0.05) is 6.07 Å². The van der Waals surface area contributed by atoms with Gasteiger partial charge in [-0.25, -0.2) is 0 Å². The molecule has 0 bridgehead atoms. The average molecular weight is 312 g/mol. The molecule has 1 aliphatic rings. The highest BCUT2D eigenvalue weighted by atomic mass is 79.9. The zero-order valence-electron chi connectivity index (χ0n) is 11.2. The third kappa shape index (κ3) is 3.05. The third-order valence-corrected chi connectivity index (χ3v) is 4.42. The van der Waals surface area contributed by atoms with Crippen LogP contribution in [0, 0.1) is 0 Å². The van der Waals surface area contributed by atoms with Crippen LogP contribution >= 0.6 is 15.9 Å². The molecule has 0 unspecified atom stereocenters. The Kier molecular flexibility index (Phi) is 4.65. The monoisotopic (exact) mass is 311 g/mol. The number of nitrogens with zero attached hydrogens (tertiary/aromatic N) is 2. The highest BCUT2D eigenvalue weighted by molar-refractivity contribution is 9.10. The summed E-state index contributed by atoms with van der Waals surface area (Å²) in [4.78, 5) is 4.80. The molecular formula is C14H22BrN3. The maximum atomic E-state index is 5.66. The van der Waals surface area contributed by atoms with E-state index in [1.807, 2.05) is 0 Å². The highest BCUT2D eigenvalue weighted by Gasteiger charge is 2.21. The Hall–Kier alpha value is -0.580. The first-order valence-electron chi connectivity index (χ1n) is 6.51. The minimum atomic E-state index is 0.599. The maximum Gasteiger partial charge on any atom is 0.0510 e. The molecule has 3 nitrogen and oxygen atoms in total. The summed E-state index contributed by atoms with van der Waals surface area (Å²) in [7, 11) is 4.35. The number of hydrogen-bond acceptors (Lipinski definition) is 3. The van der Waals surface area contributed by atoms with E-state index >= 15 is 0 Å². The number of benzene rings is 1. The first-order chi connectivity index (χ1) is 8.61. The molecule has 100 valence electrons. The van der Waals surface area contributed by atoms with Gasteiger partial charge in [0.05, 0.1) is 5.69 Å². The van der Waals surface area contributed by atoms with Gasteiger partial charge in [0, 0.05) is 30.1 Å². The molecule has 1 aliphatic heterocycles. The van der Waals surface area contributed by atoms with Crippen LogP contribution in [0.3, 0.4) is 0 Å². The standard InChI is InChI=1S/C14H22BrN3/c1-17(2)12-5-7-18(8-6-12)14-4-3-11(10-16)9-13(14)15/h3-4,9,12H,5-8,10,16H2,1-2H3. The van der Waals surface area contributed by atoms with Gasteiger partial charge in [-0.3, -0.25) is 0 Å². The van der Waals surface area contributed by atoms with Crippen LogP contribution in [0.1, 0.15) is 18.4 Å². The molecule has 1 aromatic rings. The van der Waals surface area contributed by atoms with Gasteiger partial charge in [-0.05, 0) is 60.6 Å². The van der Waals surface area contributed by atoms with Gasteiger partial charge in [0.2, 0.25) is 0 Å². The molecule has 1 aromatic carbocycles. The fraction of sp³-hybridized carbons (Fsp3) is 0.571. The molecule has 0 atom stereocenters. The zero-order chi connectivity index (χ0) is 13.1. The molecule has 1 heterocycles. The molecule has 1 saturated heterocycles. The van der Waals surface area contributed by atoms with Crippen molar-refractivity contribution in [2.75, 3.05) is 32.1 Å². The van der Waals surface area contributed by atoms with Crippen molar-refractivity contribution in [2.45, 2.75) is 25.4 Å². The SMILES string of the molecule is CN(C)C1CCN(c2ccc(CN)cc2Br)CC1. The minimum absolute atomic E-state index is 0.599. The second-order valence-electron chi connectivity index (χ2n) is 5.17. The molecule has 0 radical (unpaired) electrons. The van der Waals surface area contributed by atoms with Crippen LogP contribution in [0.15, 0.2) is 22.7 Å². The van der Waals surface area contributed by atoms with Gasteiger partial charge >= 0.3 is 0 Å². The van der Waals surface area contributed by atoms with Gasteiger partial charge in [0.1, 0.15) is 0 Å². The zero-order valence-corrected chi connectivity index (χ0v) is 12.8. The van der Waals surface area contributed by atoms with E-state index in [1.54, 1.807) is 0 Å². The van der Waals surface area contributed by atoms with Crippen LogP contribution in [0.4, 0.5) is 5.69 Å². The second kappa shape index (κ2) is 6.04. The largest absolute Gasteiger partial charge is 0.371 e. The number of rotatable bonds is 3. The highest BCUT2D eigenvalue weighted by Crippen LogP contribution is 2.30. The summed E-state index contributed by atoms with van der Waals surface area (Å²) in [5.41, 5.74) is 8.13. The predicted molar refractivity (Wildman–Crippen MR) is 81.0 cm³/mol. The molecular weight excluding hydrogens is 290 g/mol. The van der Waals surface area contributed by atoms with E-state index in [1.165, 1.54) is 24.1 Å². The first kappa shape index (κ1) is 13.8. The van der Waals surface area contributed by atoms with Crippen molar-refractivity contribution in [2.24, 2.45) is 5.73 Å². The van der Waals surface area contributed by atoms with E-state index in [0.717, 1.165) is 23.6 Å². The van der Waals surface area contributed by atoms with Crippen LogP contribution < -0.4 is 10.6 Å². The van der Waals surface area contributed by atoms with Crippen LogP contribution in [0.5, 0.6) is 0 Å². The topological polar surface area (TPSA) is 32.5 Å². The molecule has 2 N–H and O–H groups in total. The summed E-state index contributed by atoms with van der Waals surface area (Å²) < 4.78 is 1.16. The lowest BCUT2D eigenvalue weighted by molar-refractivity contribution is 0.249. The quantitative estimate of drug-likeness (QED) is 0.930. The normalized spacial score (nSPS) is 17.5. The van der Waals surface area contributed by atoms with Crippen molar-refractivity contribution in [1.82, 2.24) is 4.90 Å². The first-order valence-corrected chi connectivity index (χ1v) is 7.31. The summed E-state index contributed by atoms with van der Waals surface area (Å²) in [6, 6.07) is 7.16. The van der Waals surface area contributed by atoms with Crippen molar-refractivity contribution < 1.29 is 0 Å². The molecule has 0 spiro atoms. The number of nitrogens with two attached hydrogens (primary N) is 1. The Morgan fingerprint density at radius 3 is 2.50 bits per heavy atom. The summed E-state index contributed by atoms with van der Waals surface area (Å²) in [6.45, 7) is 2.86. The molecule has 18 heavy (non-hydrogen) atoms. The summed E-state index contributed by atoms with van der Waals surface area (Å²) >= 11 is 3.66. The van der Waals surface area contributed by atoms with E-state index in [9.17, 15) is 0 Å². The van der Waals surface area contributed by atoms with Gasteiger partial charge in [-0.15, -0.1) is 0 Å². The number of hydrogen-bond donors (Lipinski definition) is 1. The second-order valence-corrected chi connectivity index (χ2v) is 6.03. The van der Waals surface area contributed by atoms with Crippen LogP contribution in [-0.4, -0.2) is 38.1 Å². The van der Waals surface area contributed by atoms with Crippen LogP contribution in [0.25, 0.3) is 0 Å². The molecule has 0 amide bonds.